The molecule has 1 aromatic heterocycles. The van der Waals surface area contributed by atoms with Gasteiger partial charge in [-0.3, -0.25) is 4.79 Å². The summed E-state index contributed by atoms with van der Waals surface area (Å²) in [7, 11) is -2.50. The third-order valence-corrected chi connectivity index (χ3v) is 5.62. The molecule has 2 N–H and O–H groups in total. The fourth-order valence-electron chi connectivity index (χ4n) is 2.68. The average molecular weight is 426 g/mol. The van der Waals surface area contributed by atoms with E-state index in [-0.39, 0.29) is 6.54 Å². The van der Waals surface area contributed by atoms with Gasteiger partial charge in [0.05, 0.1) is 34.6 Å². The van der Waals surface area contributed by atoms with Crippen LogP contribution < -0.4 is 10.0 Å². The van der Waals surface area contributed by atoms with Crippen LogP contribution in [0.5, 0.6) is 0 Å². The van der Waals surface area contributed by atoms with Crippen LogP contribution >= 0.6 is 0 Å². The van der Waals surface area contributed by atoms with E-state index in [2.05, 4.69) is 10.3 Å². The van der Waals surface area contributed by atoms with Crippen molar-refractivity contribution in [2.45, 2.75) is 17.6 Å². The summed E-state index contributed by atoms with van der Waals surface area (Å²) in [4.78, 5) is 15.8. The van der Waals surface area contributed by atoms with E-state index in [4.69, 9.17) is 0 Å². The number of para-hydroxylation sites is 2. The van der Waals surface area contributed by atoms with Crippen molar-refractivity contribution in [3.05, 3.63) is 59.9 Å². The highest BCUT2D eigenvalue weighted by Gasteiger charge is 2.31. The number of nitrogens with zero attached hydrogens (tertiary/aromatic N) is 2. The number of amides is 1. The number of sulfonamides is 1. The van der Waals surface area contributed by atoms with E-state index >= 15 is 0 Å². The Morgan fingerprint density at radius 1 is 1.14 bits per heavy atom. The number of hydrogen-bond donors (Lipinski definition) is 2. The number of hydrogen-bond acceptors (Lipinski definition) is 4. The van der Waals surface area contributed by atoms with E-state index in [9.17, 15) is 26.4 Å². The van der Waals surface area contributed by atoms with E-state index in [0.29, 0.717) is 11.9 Å². The Labute approximate surface area is 164 Å². The minimum atomic E-state index is -4.67. The summed E-state index contributed by atoms with van der Waals surface area (Å²) in [5.41, 5.74) is 0.540. The lowest BCUT2D eigenvalue weighted by molar-refractivity contribution is -0.137. The number of alkyl halides is 3. The maximum atomic E-state index is 12.8. The number of imidazole rings is 1. The second-order valence-electron chi connectivity index (χ2n) is 6.20. The van der Waals surface area contributed by atoms with Gasteiger partial charge < -0.3 is 9.88 Å². The van der Waals surface area contributed by atoms with Crippen molar-refractivity contribution in [2.75, 3.05) is 6.54 Å². The highest BCUT2D eigenvalue weighted by atomic mass is 32.2. The normalized spacial score (nSPS) is 12.3. The number of carbonyl (C=O) groups is 1. The Morgan fingerprint density at radius 3 is 2.55 bits per heavy atom. The molecule has 29 heavy (non-hydrogen) atoms. The highest BCUT2D eigenvalue weighted by molar-refractivity contribution is 7.89. The van der Waals surface area contributed by atoms with Crippen molar-refractivity contribution in [3.8, 4) is 0 Å². The monoisotopic (exact) mass is 426 g/mol. The fourth-order valence-corrected chi connectivity index (χ4v) is 3.70. The Hall–Kier alpha value is -2.92. The Morgan fingerprint density at radius 2 is 1.86 bits per heavy atom. The molecule has 0 aliphatic carbocycles. The van der Waals surface area contributed by atoms with Crippen LogP contribution in [-0.2, 0) is 34.6 Å². The number of aromatic nitrogens is 2. The summed E-state index contributed by atoms with van der Waals surface area (Å²) < 4.78 is 66.4. The summed E-state index contributed by atoms with van der Waals surface area (Å²) in [5, 5.41) is 2.53. The Balaban J connectivity index is 1.62. The van der Waals surface area contributed by atoms with Gasteiger partial charge in [0.2, 0.25) is 15.9 Å². The molecule has 1 heterocycles. The van der Waals surface area contributed by atoms with Crippen LogP contribution in [0.1, 0.15) is 11.4 Å². The molecular formula is C18H17F3N4O3S. The van der Waals surface area contributed by atoms with Crippen LogP contribution in [-0.4, -0.2) is 30.4 Å². The molecule has 0 saturated carbocycles. The summed E-state index contributed by atoms with van der Waals surface area (Å²) in [5.74, 6) is -0.0760. The van der Waals surface area contributed by atoms with Gasteiger partial charge >= 0.3 is 6.18 Å². The zero-order valence-corrected chi connectivity index (χ0v) is 16.0. The van der Waals surface area contributed by atoms with Crippen molar-refractivity contribution >= 4 is 27.0 Å². The topological polar surface area (TPSA) is 93.1 Å². The van der Waals surface area contributed by atoms with Gasteiger partial charge in [0.1, 0.15) is 5.82 Å². The lowest BCUT2D eigenvalue weighted by atomic mass is 10.2. The van der Waals surface area contributed by atoms with Gasteiger partial charge in [-0.1, -0.05) is 18.2 Å². The van der Waals surface area contributed by atoms with Gasteiger partial charge in [-0.05, 0) is 30.3 Å². The van der Waals surface area contributed by atoms with Crippen LogP contribution in [0.2, 0.25) is 0 Å². The highest BCUT2D eigenvalue weighted by Crippen LogP contribution is 2.30. The van der Waals surface area contributed by atoms with E-state index < -0.39 is 39.1 Å². The smallest absolute Gasteiger partial charge is 0.348 e. The first-order valence-corrected chi connectivity index (χ1v) is 9.90. The summed E-state index contributed by atoms with van der Waals surface area (Å²) in [6.07, 6.45) is -4.67. The quantitative estimate of drug-likeness (QED) is 0.632. The molecule has 0 unspecified atom stereocenters. The SMILES string of the molecule is Cn1c(CNC(=O)CNS(=O)(=O)c2cccc(C(F)(F)F)c2)nc2ccccc21. The fraction of sp³-hybridized carbons (Fsp3) is 0.222. The second kappa shape index (κ2) is 7.84. The van der Waals surface area contributed by atoms with E-state index in [0.717, 1.165) is 29.2 Å². The molecule has 11 heteroatoms. The molecule has 0 aliphatic heterocycles. The number of nitrogens with one attached hydrogen (secondary N) is 2. The molecule has 0 atom stereocenters. The van der Waals surface area contributed by atoms with Crippen molar-refractivity contribution in [1.82, 2.24) is 19.6 Å². The molecule has 0 aliphatic rings. The Kier molecular flexibility index (Phi) is 5.62. The van der Waals surface area contributed by atoms with Gasteiger partial charge in [-0.15, -0.1) is 0 Å². The van der Waals surface area contributed by atoms with Crippen molar-refractivity contribution < 1.29 is 26.4 Å². The van der Waals surface area contributed by atoms with E-state index in [1.807, 2.05) is 29.0 Å². The summed E-state index contributed by atoms with van der Waals surface area (Å²) in [6, 6.07) is 10.7. The van der Waals surface area contributed by atoms with Crippen molar-refractivity contribution in [3.63, 3.8) is 0 Å². The standard InChI is InChI=1S/C18H17F3N4O3S/c1-25-15-8-3-2-7-14(15)24-16(25)10-22-17(26)11-23-29(27,28)13-6-4-5-12(9-13)18(19,20)21/h2-9,23H,10-11H2,1H3,(H,22,26). The van der Waals surface area contributed by atoms with E-state index in [1.54, 1.807) is 11.6 Å². The number of benzene rings is 2. The molecule has 0 radical (unpaired) electrons. The molecular weight excluding hydrogens is 409 g/mol. The predicted octanol–water partition coefficient (Wildman–Crippen LogP) is 2.19. The maximum Gasteiger partial charge on any atom is 0.416 e. The first-order valence-electron chi connectivity index (χ1n) is 8.42. The van der Waals surface area contributed by atoms with Gasteiger partial charge in [0.15, 0.2) is 0 Å². The summed E-state index contributed by atoms with van der Waals surface area (Å²) in [6.45, 7) is -0.558. The van der Waals surface area contributed by atoms with Crippen LogP contribution in [0.3, 0.4) is 0 Å². The number of rotatable bonds is 6. The largest absolute Gasteiger partial charge is 0.416 e. The third-order valence-electron chi connectivity index (χ3n) is 4.22. The third kappa shape index (κ3) is 4.74. The first-order chi connectivity index (χ1) is 13.6. The second-order valence-corrected chi connectivity index (χ2v) is 7.97. The van der Waals surface area contributed by atoms with Gasteiger partial charge in [-0.25, -0.2) is 18.1 Å². The molecule has 3 rings (SSSR count). The van der Waals surface area contributed by atoms with Crippen molar-refractivity contribution in [2.24, 2.45) is 7.05 Å². The molecule has 0 bridgehead atoms. The molecule has 154 valence electrons. The average Bonchev–Trinajstić information content (AvgIpc) is 3.00. The molecule has 7 nitrogen and oxygen atoms in total. The Bertz CT molecular complexity index is 1160. The number of fused-ring (bicyclic) bond motifs is 1. The van der Waals surface area contributed by atoms with Gasteiger partial charge in [0, 0.05) is 7.05 Å². The minimum absolute atomic E-state index is 0.0648. The van der Waals surface area contributed by atoms with Crippen LogP contribution in [0, 0.1) is 0 Å². The molecule has 2 aromatic carbocycles. The lowest BCUT2D eigenvalue weighted by Crippen LogP contribution is -2.37. The van der Waals surface area contributed by atoms with Crippen LogP contribution in [0.15, 0.2) is 53.4 Å². The van der Waals surface area contributed by atoms with Gasteiger partial charge in [0.25, 0.3) is 0 Å². The number of halogens is 3. The van der Waals surface area contributed by atoms with Crippen molar-refractivity contribution in [1.29, 1.82) is 0 Å². The first kappa shape index (κ1) is 20.8. The molecule has 1 amide bonds. The lowest BCUT2D eigenvalue weighted by Gasteiger charge is -2.10. The number of aryl methyl sites for hydroxylation is 1. The molecule has 3 aromatic rings. The molecule has 0 fully saturated rings. The molecule has 0 saturated heterocycles. The zero-order valence-electron chi connectivity index (χ0n) is 15.2. The maximum absolute atomic E-state index is 12.8. The van der Waals surface area contributed by atoms with Crippen LogP contribution in [0.25, 0.3) is 11.0 Å². The summed E-state index contributed by atoms with van der Waals surface area (Å²) >= 11 is 0. The predicted molar refractivity (Wildman–Crippen MR) is 99.2 cm³/mol. The zero-order chi connectivity index (χ0) is 21.2. The molecule has 0 spiro atoms. The number of carbonyl (C=O) groups excluding carboxylic acids is 1. The van der Waals surface area contributed by atoms with E-state index in [1.165, 1.54) is 0 Å². The minimum Gasteiger partial charge on any atom is -0.348 e. The van der Waals surface area contributed by atoms with Gasteiger partial charge in [-0.2, -0.15) is 13.2 Å². The van der Waals surface area contributed by atoms with Crippen LogP contribution in [0.4, 0.5) is 13.2 Å².